The van der Waals surface area contributed by atoms with Gasteiger partial charge in [-0.1, -0.05) is 6.92 Å². The highest BCUT2D eigenvalue weighted by atomic mass is 16.7. The third-order valence-corrected chi connectivity index (χ3v) is 14.1. The zero-order valence-corrected chi connectivity index (χ0v) is 28.5. The maximum Gasteiger partial charge on any atom is 0.331 e. The first kappa shape index (κ1) is 36.7. The normalized spacial score (nSPS) is 55.0. The summed E-state index contributed by atoms with van der Waals surface area (Å²) in [6.45, 7) is 3.17. The molecule has 4 saturated carbocycles. The molecule has 0 aromatic rings. The quantitative estimate of drug-likeness (QED) is 0.0858. The zero-order valence-electron chi connectivity index (χ0n) is 28.5. The van der Waals surface area contributed by atoms with Gasteiger partial charge in [-0.2, -0.15) is 0 Å². The monoisotopic (exact) mass is 712 g/mol. The summed E-state index contributed by atoms with van der Waals surface area (Å²) in [7, 11) is 0. The molecule has 282 valence electrons. The van der Waals surface area contributed by atoms with E-state index in [0.717, 1.165) is 11.9 Å². The minimum absolute atomic E-state index is 0.00614. The fourth-order valence-electron chi connectivity index (χ4n) is 11.2. The number of aliphatic hydroxyl groups excluding tert-OH is 6. The molecular weight excluding hydrogens is 660 g/mol. The van der Waals surface area contributed by atoms with Gasteiger partial charge in [0, 0.05) is 17.9 Å². The van der Waals surface area contributed by atoms with E-state index in [9.17, 15) is 50.4 Å². The first-order valence-electron chi connectivity index (χ1n) is 18.0. The van der Waals surface area contributed by atoms with E-state index >= 15 is 0 Å². The van der Waals surface area contributed by atoms with Crippen molar-refractivity contribution in [3.63, 3.8) is 0 Å². The highest BCUT2D eigenvalue weighted by molar-refractivity contribution is 5.85. The summed E-state index contributed by atoms with van der Waals surface area (Å²) in [4.78, 5) is 25.1. The van der Waals surface area contributed by atoms with Crippen molar-refractivity contribution in [3.05, 3.63) is 11.6 Å². The molecule has 3 aliphatic heterocycles. The predicted molar refractivity (Wildman–Crippen MR) is 167 cm³/mol. The Bertz CT molecular complexity index is 1340. The molecule has 6 fully saturated rings. The number of hydrogen-bond acceptors (Lipinski definition) is 15. The van der Waals surface area contributed by atoms with E-state index in [1.165, 1.54) is 6.92 Å². The topological polar surface area (TPSA) is 242 Å². The molecule has 8 N–H and O–H groups in total. The minimum Gasteiger partial charge on any atom is -0.458 e. The molecule has 0 aromatic carbocycles. The molecule has 7 aliphatic rings. The van der Waals surface area contributed by atoms with Crippen LogP contribution in [-0.4, -0.2) is 145 Å². The summed E-state index contributed by atoms with van der Waals surface area (Å²) < 4.78 is 28.5. The van der Waals surface area contributed by atoms with Crippen molar-refractivity contribution in [2.75, 3.05) is 13.2 Å². The number of carbonyl (C=O) groups is 2. The van der Waals surface area contributed by atoms with Gasteiger partial charge in [-0.3, -0.25) is 0 Å². The largest absolute Gasteiger partial charge is 0.458 e. The number of aliphatic hydroxyl groups is 8. The first-order valence-corrected chi connectivity index (χ1v) is 18.0. The molecule has 15 nitrogen and oxygen atoms in total. The lowest BCUT2D eigenvalue weighted by Crippen LogP contribution is -2.69. The van der Waals surface area contributed by atoms with Gasteiger partial charge < -0.3 is 69.3 Å². The number of aldehydes is 1. The lowest BCUT2D eigenvalue weighted by Gasteiger charge is -2.65. The Morgan fingerprint density at radius 2 is 1.58 bits per heavy atom. The average Bonchev–Trinajstić information content (AvgIpc) is 3.64. The molecule has 4 aliphatic carbocycles. The van der Waals surface area contributed by atoms with Crippen LogP contribution in [-0.2, 0) is 33.3 Å². The van der Waals surface area contributed by atoms with Crippen LogP contribution in [0.2, 0.25) is 0 Å². The first-order chi connectivity index (χ1) is 23.6. The van der Waals surface area contributed by atoms with Crippen LogP contribution in [0.4, 0.5) is 0 Å². The molecule has 0 radical (unpaired) electrons. The van der Waals surface area contributed by atoms with Gasteiger partial charge in [0.05, 0.1) is 35.4 Å². The Morgan fingerprint density at radius 3 is 2.26 bits per heavy atom. The van der Waals surface area contributed by atoms with Gasteiger partial charge in [0.1, 0.15) is 55.6 Å². The van der Waals surface area contributed by atoms with Crippen molar-refractivity contribution < 1.29 is 74.1 Å². The van der Waals surface area contributed by atoms with E-state index in [1.54, 1.807) is 6.08 Å². The predicted octanol–water partition coefficient (Wildman–Crippen LogP) is -1.43. The molecule has 2 saturated heterocycles. The van der Waals surface area contributed by atoms with Crippen LogP contribution in [0.3, 0.4) is 0 Å². The van der Waals surface area contributed by atoms with E-state index in [-0.39, 0.29) is 49.6 Å². The molecule has 0 unspecified atom stereocenters. The molecule has 7 rings (SSSR count). The molecule has 15 heteroatoms. The number of carbonyl (C=O) groups excluding carboxylic acids is 2. The fourth-order valence-corrected chi connectivity index (χ4v) is 11.2. The van der Waals surface area contributed by atoms with Gasteiger partial charge in [0.15, 0.2) is 12.6 Å². The van der Waals surface area contributed by atoms with Crippen molar-refractivity contribution in [1.29, 1.82) is 0 Å². The van der Waals surface area contributed by atoms with E-state index in [2.05, 4.69) is 6.92 Å². The smallest absolute Gasteiger partial charge is 0.331 e. The van der Waals surface area contributed by atoms with Gasteiger partial charge in [0.25, 0.3) is 0 Å². The Balaban J connectivity index is 1.05. The maximum atomic E-state index is 13.2. The van der Waals surface area contributed by atoms with Crippen molar-refractivity contribution in [2.45, 2.75) is 150 Å². The van der Waals surface area contributed by atoms with Crippen molar-refractivity contribution in [2.24, 2.45) is 28.6 Å². The number of hydrogen-bond donors (Lipinski definition) is 8. The lowest BCUT2D eigenvalue weighted by molar-refractivity contribution is -0.363. The van der Waals surface area contributed by atoms with Crippen molar-refractivity contribution in [1.82, 2.24) is 0 Å². The van der Waals surface area contributed by atoms with Crippen LogP contribution in [0.1, 0.15) is 71.6 Å². The number of esters is 1. The number of fused-ring (bicyclic) bond motifs is 5. The molecule has 0 bridgehead atoms. The zero-order chi connectivity index (χ0) is 36.0. The van der Waals surface area contributed by atoms with Crippen molar-refractivity contribution >= 4 is 12.3 Å². The SMILES string of the molecule is C[C@H]1O[C@H](O[C@H]2CC[C@]3(C=O)[C@H]4CC[C@]5(C)[C@@H](C6=CC(=O)OC6)CC[C@]5(O)[C@@H]4CC[C@]3(O)C2)[C@H](O)[C@H](O[C@@H]2O[C@H](CO)[C@@H](O)[C@H](O)[C@H]2O)[C@@H]1O. The van der Waals surface area contributed by atoms with Crippen LogP contribution < -0.4 is 0 Å². The van der Waals surface area contributed by atoms with Gasteiger partial charge in [-0.15, -0.1) is 0 Å². The summed E-state index contributed by atoms with van der Waals surface area (Å²) >= 11 is 0. The molecule has 0 spiro atoms. The number of ether oxygens (including phenoxy) is 5. The second-order valence-electron chi connectivity index (χ2n) is 16.2. The molecule has 0 aromatic heterocycles. The van der Waals surface area contributed by atoms with Crippen LogP contribution >= 0.6 is 0 Å². The second kappa shape index (κ2) is 13.1. The van der Waals surface area contributed by atoms with E-state index in [4.69, 9.17) is 23.7 Å². The van der Waals surface area contributed by atoms with Gasteiger partial charge in [-0.25, -0.2) is 4.79 Å². The van der Waals surface area contributed by atoms with Crippen LogP contribution in [0.25, 0.3) is 0 Å². The Labute approximate surface area is 290 Å². The van der Waals surface area contributed by atoms with E-state index in [1.807, 2.05) is 0 Å². The summed E-state index contributed by atoms with van der Waals surface area (Å²) in [5.74, 6) is -0.856. The third-order valence-electron chi connectivity index (χ3n) is 14.1. The molecule has 0 amide bonds. The van der Waals surface area contributed by atoms with Crippen LogP contribution in [0.15, 0.2) is 11.6 Å². The third kappa shape index (κ3) is 5.37. The van der Waals surface area contributed by atoms with E-state index < -0.39 is 96.2 Å². The van der Waals surface area contributed by atoms with Gasteiger partial charge in [-0.05, 0) is 81.6 Å². The van der Waals surface area contributed by atoms with Crippen molar-refractivity contribution in [3.8, 4) is 0 Å². The Kier molecular flexibility index (Phi) is 9.60. The lowest BCUT2D eigenvalue weighted by atomic mass is 9.41. The Hall–Kier alpha value is -1.60. The molecule has 3 heterocycles. The Morgan fingerprint density at radius 1 is 0.860 bits per heavy atom. The van der Waals surface area contributed by atoms with Gasteiger partial charge >= 0.3 is 5.97 Å². The average molecular weight is 713 g/mol. The van der Waals surface area contributed by atoms with E-state index in [0.29, 0.717) is 38.5 Å². The van der Waals surface area contributed by atoms with Gasteiger partial charge in [0.2, 0.25) is 0 Å². The number of cyclic esters (lactones) is 1. The maximum absolute atomic E-state index is 13.2. The molecule has 18 atom stereocenters. The fraction of sp³-hybridized carbons (Fsp3) is 0.886. The molecular formula is C35H52O15. The summed E-state index contributed by atoms with van der Waals surface area (Å²) in [5, 5.41) is 87.3. The highest BCUT2D eigenvalue weighted by Gasteiger charge is 2.71. The summed E-state index contributed by atoms with van der Waals surface area (Å²) in [6, 6.07) is 0. The standard InChI is InChI=1S/C35H52O15/c1-16-24(39)29(50-30-27(42)26(41)25(40)22(13-36)49-30)28(43)31(47-16)48-18-3-8-33(15-37)20-4-7-32(2)19(17-11-23(38)46-14-17)6-10-35(32,45)21(20)5-9-34(33,44)12-18/h11,15-16,18-22,24-31,36,39-45H,3-10,12-14H2,1-2H3/t16-,18+,19-,20+,21-,22-,24-,25-,26+,27-,28-,29-,30+,31-,32-,33+,34+,35+/m1/s1. The minimum atomic E-state index is -1.76. The molecule has 50 heavy (non-hydrogen) atoms. The van der Waals surface area contributed by atoms with Crippen LogP contribution in [0.5, 0.6) is 0 Å². The van der Waals surface area contributed by atoms with Crippen LogP contribution in [0, 0.1) is 28.6 Å². The summed E-state index contributed by atoms with van der Waals surface area (Å²) in [5.41, 5.74) is -3.24. The highest BCUT2D eigenvalue weighted by Crippen LogP contribution is 2.70. The second-order valence-corrected chi connectivity index (χ2v) is 16.2. The number of rotatable bonds is 7. The summed E-state index contributed by atoms with van der Waals surface area (Å²) in [6.07, 6.45) is -8.95.